The number of carbonyl (C=O) groups is 2. The molecule has 1 aliphatic rings. The quantitative estimate of drug-likeness (QED) is 0.573. The lowest BCUT2D eigenvalue weighted by Crippen LogP contribution is -2.51. The van der Waals surface area contributed by atoms with E-state index in [1.54, 1.807) is 23.5 Å². The first-order chi connectivity index (χ1) is 15.5. The minimum atomic E-state index is -0.312. The highest BCUT2D eigenvalue weighted by atomic mass is 32.1. The van der Waals surface area contributed by atoms with Crippen LogP contribution in [0.1, 0.15) is 27.2 Å². The zero-order chi connectivity index (χ0) is 22.5. The highest BCUT2D eigenvalue weighted by molar-refractivity contribution is 7.10. The molecule has 168 valence electrons. The SMILES string of the molecule is Cc1csc(CC(=O)N2CCN(CC(=O)N[C@@H](c3ccc(F)cc3)c3cccs3)CC2)n1. The Morgan fingerprint density at radius 2 is 1.88 bits per heavy atom. The smallest absolute Gasteiger partial charge is 0.234 e. The molecule has 0 bridgehead atoms. The molecule has 9 heteroatoms. The lowest BCUT2D eigenvalue weighted by Gasteiger charge is -2.34. The number of rotatable bonds is 7. The Balaban J connectivity index is 1.30. The maximum atomic E-state index is 13.4. The summed E-state index contributed by atoms with van der Waals surface area (Å²) < 4.78 is 13.4. The van der Waals surface area contributed by atoms with Crippen molar-refractivity contribution in [1.29, 1.82) is 0 Å². The molecule has 1 fully saturated rings. The highest BCUT2D eigenvalue weighted by Gasteiger charge is 2.24. The van der Waals surface area contributed by atoms with E-state index in [9.17, 15) is 14.0 Å². The van der Waals surface area contributed by atoms with E-state index < -0.39 is 0 Å². The predicted octanol–water partition coefficient (Wildman–Crippen LogP) is 3.24. The first-order valence-corrected chi connectivity index (χ1v) is 12.2. The van der Waals surface area contributed by atoms with Gasteiger partial charge < -0.3 is 10.2 Å². The number of nitrogens with zero attached hydrogens (tertiary/aromatic N) is 3. The second-order valence-corrected chi connectivity index (χ2v) is 9.71. The van der Waals surface area contributed by atoms with E-state index in [0.717, 1.165) is 21.1 Å². The minimum absolute atomic E-state index is 0.0810. The van der Waals surface area contributed by atoms with Crippen LogP contribution in [0.25, 0.3) is 0 Å². The molecule has 1 atom stereocenters. The van der Waals surface area contributed by atoms with Crippen molar-refractivity contribution in [2.45, 2.75) is 19.4 Å². The largest absolute Gasteiger partial charge is 0.343 e. The average molecular weight is 473 g/mol. The van der Waals surface area contributed by atoms with Crippen LogP contribution < -0.4 is 5.32 Å². The third kappa shape index (κ3) is 5.79. The lowest BCUT2D eigenvalue weighted by atomic mass is 10.1. The van der Waals surface area contributed by atoms with E-state index in [0.29, 0.717) is 32.6 Å². The van der Waals surface area contributed by atoms with Gasteiger partial charge in [-0.05, 0) is 36.1 Å². The van der Waals surface area contributed by atoms with Crippen LogP contribution in [-0.2, 0) is 16.0 Å². The molecule has 32 heavy (non-hydrogen) atoms. The van der Waals surface area contributed by atoms with E-state index in [1.807, 2.05) is 34.7 Å². The Morgan fingerprint density at radius 1 is 1.12 bits per heavy atom. The number of hydrogen-bond donors (Lipinski definition) is 1. The molecule has 1 saturated heterocycles. The number of halogens is 1. The van der Waals surface area contributed by atoms with E-state index in [-0.39, 0.29) is 30.2 Å². The van der Waals surface area contributed by atoms with Crippen LogP contribution in [0.15, 0.2) is 47.2 Å². The molecule has 2 amide bonds. The monoisotopic (exact) mass is 472 g/mol. The van der Waals surface area contributed by atoms with Crippen LogP contribution in [-0.4, -0.2) is 59.3 Å². The summed E-state index contributed by atoms with van der Waals surface area (Å²) >= 11 is 3.07. The zero-order valence-electron chi connectivity index (χ0n) is 17.8. The molecule has 3 heterocycles. The Hall–Kier alpha value is -2.62. The van der Waals surface area contributed by atoms with Crippen LogP contribution in [0.4, 0.5) is 4.39 Å². The van der Waals surface area contributed by atoms with Gasteiger partial charge in [0.05, 0.1) is 19.0 Å². The summed E-state index contributed by atoms with van der Waals surface area (Å²) in [5.41, 5.74) is 1.78. The number of piperazine rings is 1. The van der Waals surface area contributed by atoms with Gasteiger partial charge >= 0.3 is 0 Å². The Kier molecular flexibility index (Phi) is 7.29. The summed E-state index contributed by atoms with van der Waals surface area (Å²) in [6, 6.07) is 9.81. The average Bonchev–Trinajstić information content (AvgIpc) is 3.45. The molecule has 0 radical (unpaired) electrons. The number of thiazole rings is 1. The summed E-state index contributed by atoms with van der Waals surface area (Å²) in [5.74, 6) is -0.314. The number of carbonyl (C=O) groups excluding carboxylic acids is 2. The Bertz CT molecular complexity index is 1040. The summed E-state index contributed by atoms with van der Waals surface area (Å²) in [4.78, 5) is 34.6. The van der Waals surface area contributed by atoms with Gasteiger partial charge in [-0.15, -0.1) is 22.7 Å². The van der Waals surface area contributed by atoms with Gasteiger partial charge in [-0.3, -0.25) is 14.5 Å². The molecular weight excluding hydrogens is 447 g/mol. The Morgan fingerprint density at radius 3 is 2.50 bits per heavy atom. The van der Waals surface area contributed by atoms with E-state index in [4.69, 9.17) is 0 Å². The van der Waals surface area contributed by atoms with Crippen molar-refractivity contribution >= 4 is 34.5 Å². The standard InChI is InChI=1S/C23H25FN4O2S2/c1-16-15-32-21(25-16)13-22(30)28-10-8-27(9-11-28)14-20(29)26-23(19-3-2-12-31-19)17-4-6-18(24)7-5-17/h2-7,12,15,23H,8-11,13-14H2,1H3,(H,26,29)/t23-/m0/s1. The third-order valence-electron chi connectivity index (χ3n) is 5.40. The molecule has 1 aromatic carbocycles. The van der Waals surface area contributed by atoms with Crippen molar-refractivity contribution in [3.05, 3.63) is 74.1 Å². The first kappa shape index (κ1) is 22.6. The molecule has 1 N–H and O–H groups in total. The molecule has 0 spiro atoms. The summed E-state index contributed by atoms with van der Waals surface area (Å²) in [5, 5.41) is 7.85. The fraction of sp³-hybridized carbons (Fsp3) is 0.348. The number of hydrogen-bond acceptors (Lipinski definition) is 6. The molecule has 0 aliphatic carbocycles. The minimum Gasteiger partial charge on any atom is -0.343 e. The summed E-state index contributed by atoms with van der Waals surface area (Å²) in [6.07, 6.45) is 0.332. The van der Waals surface area contributed by atoms with Gasteiger partial charge in [0.25, 0.3) is 0 Å². The number of nitrogens with one attached hydrogen (secondary N) is 1. The van der Waals surface area contributed by atoms with Gasteiger partial charge in [0.15, 0.2) is 0 Å². The molecular formula is C23H25FN4O2S2. The fourth-order valence-electron chi connectivity index (χ4n) is 3.72. The maximum absolute atomic E-state index is 13.4. The van der Waals surface area contributed by atoms with Crippen molar-refractivity contribution in [3.8, 4) is 0 Å². The first-order valence-electron chi connectivity index (χ1n) is 10.5. The molecule has 1 aliphatic heterocycles. The van der Waals surface area contributed by atoms with Crippen molar-refractivity contribution in [1.82, 2.24) is 20.1 Å². The van der Waals surface area contributed by atoms with Crippen LogP contribution >= 0.6 is 22.7 Å². The van der Waals surface area contributed by atoms with Crippen LogP contribution in [0.5, 0.6) is 0 Å². The third-order valence-corrected chi connectivity index (χ3v) is 7.30. The van der Waals surface area contributed by atoms with E-state index in [1.165, 1.54) is 23.5 Å². The van der Waals surface area contributed by atoms with E-state index >= 15 is 0 Å². The molecule has 0 saturated carbocycles. The van der Waals surface area contributed by atoms with Gasteiger partial charge in [0.2, 0.25) is 11.8 Å². The van der Waals surface area contributed by atoms with Crippen molar-refractivity contribution in [2.75, 3.05) is 32.7 Å². The van der Waals surface area contributed by atoms with E-state index in [2.05, 4.69) is 15.2 Å². The van der Waals surface area contributed by atoms with Crippen molar-refractivity contribution < 1.29 is 14.0 Å². The molecule has 3 aromatic rings. The number of benzene rings is 1. The summed E-state index contributed by atoms with van der Waals surface area (Å²) in [6.45, 7) is 4.68. The lowest BCUT2D eigenvalue weighted by molar-refractivity contribution is -0.132. The fourth-order valence-corrected chi connectivity index (χ4v) is 5.28. The number of aryl methyl sites for hydroxylation is 1. The van der Waals surface area contributed by atoms with Gasteiger partial charge in [-0.25, -0.2) is 9.37 Å². The van der Waals surface area contributed by atoms with Crippen LogP contribution in [0.2, 0.25) is 0 Å². The highest BCUT2D eigenvalue weighted by Crippen LogP contribution is 2.26. The predicted molar refractivity (Wildman–Crippen MR) is 124 cm³/mol. The van der Waals surface area contributed by atoms with Gasteiger partial charge in [-0.2, -0.15) is 0 Å². The normalized spacial score (nSPS) is 15.5. The molecule has 6 nitrogen and oxygen atoms in total. The Labute approximate surface area is 194 Å². The van der Waals surface area contributed by atoms with Crippen LogP contribution in [0.3, 0.4) is 0 Å². The number of amides is 2. The number of aromatic nitrogens is 1. The molecule has 2 aromatic heterocycles. The zero-order valence-corrected chi connectivity index (χ0v) is 19.4. The van der Waals surface area contributed by atoms with Gasteiger partial charge in [-0.1, -0.05) is 18.2 Å². The molecule has 0 unspecified atom stereocenters. The van der Waals surface area contributed by atoms with Gasteiger partial charge in [0, 0.05) is 42.1 Å². The topological polar surface area (TPSA) is 65.5 Å². The van der Waals surface area contributed by atoms with Gasteiger partial charge in [0.1, 0.15) is 10.8 Å². The van der Waals surface area contributed by atoms with Crippen molar-refractivity contribution in [3.63, 3.8) is 0 Å². The van der Waals surface area contributed by atoms with Crippen LogP contribution in [0, 0.1) is 12.7 Å². The summed E-state index contributed by atoms with van der Waals surface area (Å²) in [7, 11) is 0. The second kappa shape index (κ2) is 10.3. The number of thiophene rings is 1. The maximum Gasteiger partial charge on any atom is 0.234 e. The van der Waals surface area contributed by atoms with Crippen molar-refractivity contribution in [2.24, 2.45) is 0 Å². The molecule has 4 rings (SSSR count). The second-order valence-electron chi connectivity index (χ2n) is 7.78.